The van der Waals surface area contributed by atoms with Crippen molar-refractivity contribution in [1.29, 1.82) is 0 Å². The number of ether oxygens (including phenoxy) is 1. The van der Waals surface area contributed by atoms with Crippen LogP contribution in [0.15, 0.2) is 18.2 Å². The SMILES string of the molecule is Cc1ccc2c(c1)CC(CC(CCl)(CCl)C1CCCC1)O2. The molecule has 1 aliphatic carbocycles. The average Bonchev–Trinajstić information content (AvgIpc) is 3.13. The van der Waals surface area contributed by atoms with Crippen LogP contribution in [0.2, 0.25) is 0 Å². The Labute approximate surface area is 138 Å². The number of aryl methyl sites for hydroxylation is 1. The molecule has 3 heteroatoms. The Hall–Kier alpha value is -0.400. The Bertz CT molecular complexity index is 490. The van der Waals surface area contributed by atoms with Gasteiger partial charge in [0.1, 0.15) is 11.9 Å². The molecule has 1 fully saturated rings. The Morgan fingerprint density at radius 3 is 2.57 bits per heavy atom. The van der Waals surface area contributed by atoms with Gasteiger partial charge < -0.3 is 4.74 Å². The second-order valence-electron chi connectivity index (χ2n) is 6.87. The van der Waals surface area contributed by atoms with Crippen LogP contribution >= 0.6 is 23.2 Å². The largest absolute Gasteiger partial charge is 0.490 e. The summed E-state index contributed by atoms with van der Waals surface area (Å²) in [5.41, 5.74) is 2.68. The molecule has 1 saturated carbocycles. The highest BCUT2D eigenvalue weighted by molar-refractivity contribution is 6.21. The molecule has 0 amide bonds. The van der Waals surface area contributed by atoms with E-state index in [2.05, 4.69) is 25.1 Å². The summed E-state index contributed by atoms with van der Waals surface area (Å²) in [5, 5.41) is 0. The third-order valence-corrected chi connectivity index (χ3v) is 6.41. The molecule has 0 bridgehead atoms. The van der Waals surface area contributed by atoms with E-state index in [0.717, 1.165) is 18.6 Å². The van der Waals surface area contributed by atoms with Crippen LogP contribution in [0.4, 0.5) is 0 Å². The molecule has 0 aromatic heterocycles. The average molecular weight is 327 g/mol. The van der Waals surface area contributed by atoms with Crippen molar-refractivity contribution < 1.29 is 4.74 Å². The molecule has 1 nitrogen and oxygen atoms in total. The zero-order valence-electron chi connectivity index (χ0n) is 12.7. The van der Waals surface area contributed by atoms with Gasteiger partial charge in [-0.2, -0.15) is 0 Å². The molecule has 1 aliphatic heterocycles. The summed E-state index contributed by atoms with van der Waals surface area (Å²) in [6.07, 6.45) is 7.42. The van der Waals surface area contributed by atoms with Gasteiger partial charge in [0.2, 0.25) is 0 Å². The van der Waals surface area contributed by atoms with Crippen LogP contribution in [0.1, 0.15) is 43.2 Å². The first-order valence-corrected chi connectivity index (χ1v) is 9.12. The lowest BCUT2D eigenvalue weighted by Gasteiger charge is -2.37. The number of hydrogen-bond acceptors (Lipinski definition) is 1. The molecule has 0 radical (unpaired) electrons. The summed E-state index contributed by atoms with van der Waals surface area (Å²) < 4.78 is 6.16. The lowest BCUT2D eigenvalue weighted by Crippen LogP contribution is -2.38. The summed E-state index contributed by atoms with van der Waals surface area (Å²) in [6.45, 7) is 2.13. The molecular formula is C18H24Cl2O. The summed E-state index contributed by atoms with van der Waals surface area (Å²) in [6, 6.07) is 6.46. The first-order chi connectivity index (χ1) is 10.2. The van der Waals surface area contributed by atoms with Crippen molar-refractivity contribution in [2.45, 2.75) is 51.6 Å². The van der Waals surface area contributed by atoms with Crippen LogP contribution < -0.4 is 4.74 Å². The minimum Gasteiger partial charge on any atom is -0.490 e. The minimum absolute atomic E-state index is 0.0430. The number of rotatable bonds is 5. The quantitative estimate of drug-likeness (QED) is 0.663. The Morgan fingerprint density at radius 1 is 1.19 bits per heavy atom. The zero-order valence-corrected chi connectivity index (χ0v) is 14.2. The Balaban J connectivity index is 1.73. The second kappa shape index (κ2) is 6.38. The van der Waals surface area contributed by atoms with Gasteiger partial charge >= 0.3 is 0 Å². The summed E-state index contributed by atoms with van der Waals surface area (Å²) in [4.78, 5) is 0. The highest BCUT2D eigenvalue weighted by Crippen LogP contribution is 2.46. The van der Waals surface area contributed by atoms with E-state index < -0.39 is 0 Å². The van der Waals surface area contributed by atoms with Gasteiger partial charge in [-0.25, -0.2) is 0 Å². The van der Waals surface area contributed by atoms with Gasteiger partial charge in [0.05, 0.1) is 0 Å². The van der Waals surface area contributed by atoms with E-state index in [0.29, 0.717) is 17.7 Å². The lowest BCUT2D eigenvalue weighted by atomic mass is 9.73. The van der Waals surface area contributed by atoms with E-state index in [1.807, 2.05) is 0 Å². The van der Waals surface area contributed by atoms with E-state index in [-0.39, 0.29) is 11.5 Å². The van der Waals surface area contributed by atoms with Gasteiger partial charge in [-0.3, -0.25) is 0 Å². The van der Waals surface area contributed by atoms with E-state index in [9.17, 15) is 0 Å². The highest BCUT2D eigenvalue weighted by Gasteiger charge is 2.42. The van der Waals surface area contributed by atoms with Crippen molar-refractivity contribution >= 4 is 23.2 Å². The summed E-state index contributed by atoms with van der Waals surface area (Å²) in [5.74, 6) is 3.02. The smallest absolute Gasteiger partial charge is 0.123 e. The fraction of sp³-hybridized carbons (Fsp3) is 0.667. The fourth-order valence-electron chi connectivity index (χ4n) is 4.08. The van der Waals surface area contributed by atoms with Crippen molar-refractivity contribution in [2.75, 3.05) is 11.8 Å². The van der Waals surface area contributed by atoms with Crippen LogP contribution in [-0.4, -0.2) is 17.9 Å². The maximum absolute atomic E-state index is 6.38. The van der Waals surface area contributed by atoms with Crippen LogP contribution in [0.25, 0.3) is 0 Å². The second-order valence-corrected chi connectivity index (χ2v) is 7.40. The van der Waals surface area contributed by atoms with E-state index in [1.165, 1.54) is 36.8 Å². The van der Waals surface area contributed by atoms with Gasteiger partial charge in [0.25, 0.3) is 0 Å². The molecular weight excluding hydrogens is 303 g/mol. The summed E-state index contributed by atoms with van der Waals surface area (Å²) >= 11 is 12.8. The van der Waals surface area contributed by atoms with Crippen LogP contribution in [0, 0.1) is 18.3 Å². The van der Waals surface area contributed by atoms with E-state index in [1.54, 1.807) is 0 Å². The molecule has 1 aromatic rings. The first kappa shape index (κ1) is 15.5. The van der Waals surface area contributed by atoms with E-state index in [4.69, 9.17) is 27.9 Å². The van der Waals surface area contributed by atoms with Crippen molar-refractivity contribution in [3.8, 4) is 5.75 Å². The monoisotopic (exact) mass is 326 g/mol. The predicted molar refractivity (Wildman–Crippen MR) is 89.7 cm³/mol. The molecule has 0 N–H and O–H groups in total. The number of benzene rings is 1. The summed E-state index contributed by atoms with van der Waals surface area (Å²) in [7, 11) is 0. The lowest BCUT2D eigenvalue weighted by molar-refractivity contribution is 0.116. The Morgan fingerprint density at radius 2 is 1.90 bits per heavy atom. The number of hydrogen-bond donors (Lipinski definition) is 0. The molecule has 3 rings (SSSR count). The highest BCUT2D eigenvalue weighted by atomic mass is 35.5. The molecule has 2 aliphatic rings. The molecule has 21 heavy (non-hydrogen) atoms. The molecule has 0 saturated heterocycles. The molecule has 0 spiro atoms. The van der Waals surface area contributed by atoms with Gasteiger partial charge in [-0.1, -0.05) is 30.5 Å². The first-order valence-electron chi connectivity index (χ1n) is 8.05. The number of halogens is 2. The van der Waals surface area contributed by atoms with Gasteiger partial charge in [-0.15, -0.1) is 23.2 Å². The molecule has 1 aromatic carbocycles. The number of alkyl halides is 2. The van der Waals surface area contributed by atoms with Crippen LogP contribution in [-0.2, 0) is 6.42 Å². The van der Waals surface area contributed by atoms with Gasteiger partial charge in [-0.05, 0) is 43.7 Å². The molecule has 1 unspecified atom stereocenters. The van der Waals surface area contributed by atoms with Crippen molar-refractivity contribution in [3.05, 3.63) is 29.3 Å². The maximum atomic E-state index is 6.38. The van der Waals surface area contributed by atoms with Gasteiger partial charge in [0.15, 0.2) is 0 Å². The third kappa shape index (κ3) is 3.05. The topological polar surface area (TPSA) is 9.23 Å². The van der Waals surface area contributed by atoms with Crippen molar-refractivity contribution in [2.24, 2.45) is 11.3 Å². The van der Waals surface area contributed by atoms with Crippen molar-refractivity contribution in [3.63, 3.8) is 0 Å². The van der Waals surface area contributed by atoms with E-state index >= 15 is 0 Å². The zero-order chi connectivity index (χ0) is 14.9. The standard InChI is InChI=1S/C18H24Cl2O/c1-13-6-7-17-14(8-13)9-16(21-17)10-18(11-19,12-20)15-4-2-3-5-15/h6-8,15-16H,2-5,9-12H2,1H3. The van der Waals surface area contributed by atoms with Gasteiger partial charge in [0, 0.05) is 23.6 Å². The normalized spacial score (nSPS) is 22.3. The number of fused-ring (bicyclic) bond motifs is 1. The molecule has 116 valence electrons. The third-order valence-electron chi connectivity index (χ3n) is 5.34. The minimum atomic E-state index is 0.0430. The molecule has 1 heterocycles. The predicted octanol–water partition coefficient (Wildman–Crippen LogP) is 5.34. The Kier molecular flexibility index (Phi) is 4.71. The maximum Gasteiger partial charge on any atom is 0.123 e. The van der Waals surface area contributed by atoms with Crippen molar-refractivity contribution in [1.82, 2.24) is 0 Å². The molecule has 1 atom stereocenters. The fourth-order valence-corrected chi connectivity index (χ4v) is 5.02. The van der Waals surface area contributed by atoms with Crippen LogP contribution in [0.5, 0.6) is 5.75 Å². The van der Waals surface area contributed by atoms with Crippen LogP contribution in [0.3, 0.4) is 0 Å².